The van der Waals surface area contributed by atoms with Crippen molar-refractivity contribution >= 4 is 11.7 Å². The fraction of sp³-hybridized carbons (Fsp3) is 0.400. The predicted octanol–water partition coefficient (Wildman–Crippen LogP) is 3.29. The number of hydrogen-bond acceptors (Lipinski definition) is 3. The molecule has 0 radical (unpaired) electrons. The first kappa shape index (κ1) is 17.3. The molecule has 2 heterocycles. The van der Waals surface area contributed by atoms with Gasteiger partial charge in [0.1, 0.15) is 0 Å². The average molecular weight is 338 g/mol. The van der Waals surface area contributed by atoms with Crippen LogP contribution >= 0.6 is 0 Å². The number of hydrogen-bond donors (Lipinski definition) is 1. The van der Waals surface area contributed by atoms with Crippen LogP contribution in [0.4, 0.5) is 10.5 Å². The van der Waals surface area contributed by atoms with Crippen LogP contribution in [0.15, 0.2) is 42.7 Å². The second-order valence-corrected chi connectivity index (χ2v) is 6.70. The van der Waals surface area contributed by atoms with Crippen LogP contribution in [0.3, 0.4) is 0 Å². The Morgan fingerprint density at radius 3 is 2.52 bits per heavy atom. The van der Waals surface area contributed by atoms with E-state index in [1.165, 1.54) is 11.1 Å². The smallest absolute Gasteiger partial charge is 0.317 e. The first-order valence-corrected chi connectivity index (χ1v) is 8.82. The monoisotopic (exact) mass is 338 g/mol. The molecule has 5 heteroatoms. The number of aryl methyl sites for hydroxylation is 2. The molecule has 2 amide bonds. The molecule has 0 spiro atoms. The fourth-order valence-electron chi connectivity index (χ4n) is 3.10. The molecular weight excluding hydrogens is 312 g/mol. The topological polar surface area (TPSA) is 48.5 Å². The van der Waals surface area contributed by atoms with Gasteiger partial charge in [-0.05, 0) is 49.6 Å². The fourth-order valence-corrected chi connectivity index (χ4v) is 3.10. The maximum absolute atomic E-state index is 12.6. The molecule has 0 bridgehead atoms. The molecule has 1 unspecified atom stereocenters. The van der Waals surface area contributed by atoms with Crippen LogP contribution in [0.2, 0.25) is 0 Å². The standard InChI is InChI=1S/C20H26N4O/c1-15-6-7-18(13-16(15)2)17(3)22-20(25)24-11-9-23(10-12-24)19-5-4-8-21-14-19/h4-8,13-14,17H,9-12H2,1-3H3,(H,22,25). The Morgan fingerprint density at radius 2 is 1.88 bits per heavy atom. The highest BCUT2D eigenvalue weighted by atomic mass is 16.2. The second-order valence-electron chi connectivity index (χ2n) is 6.70. The van der Waals surface area contributed by atoms with Crippen LogP contribution in [0.1, 0.15) is 29.7 Å². The third-order valence-corrected chi connectivity index (χ3v) is 4.95. The molecule has 1 saturated heterocycles. The molecule has 1 aliphatic rings. The summed E-state index contributed by atoms with van der Waals surface area (Å²) in [6.07, 6.45) is 3.65. The summed E-state index contributed by atoms with van der Waals surface area (Å²) >= 11 is 0. The number of benzene rings is 1. The number of amides is 2. The Balaban J connectivity index is 1.55. The van der Waals surface area contributed by atoms with Gasteiger partial charge in [0.2, 0.25) is 0 Å². The highest BCUT2D eigenvalue weighted by Crippen LogP contribution is 2.18. The average Bonchev–Trinajstić information content (AvgIpc) is 2.64. The lowest BCUT2D eigenvalue weighted by Crippen LogP contribution is -2.52. The number of carbonyl (C=O) groups is 1. The van der Waals surface area contributed by atoms with Gasteiger partial charge in [0.05, 0.1) is 17.9 Å². The highest BCUT2D eigenvalue weighted by Gasteiger charge is 2.22. The normalized spacial score (nSPS) is 15.8. The Labute approximate surface area is 149 Å². The number of urea groups is 1. The number of aromatic nitrogens is 1. The van der Waals surface area contributed by atoms with Gasteiger partial charge in [-0.3, -0.25) is 4.98 Å². The van der Waals surface area contributed by atoms with Crippen molar-refractivity contribution in [2.45, 2.75) is 26.8 Å². The Bertz CT molecular complexity index is 724. The number of piperazine rings is 1. The van der Waals surface area contributed by atoms with Gasteiger partial charge in [0, 0.05) is 32.4 Å². The number of nitrogens with zero attached hydrogens (tertiary/aromatic N) is 3. The molecule has 1 aliphatic heterocycles. The minimum absolute atomic E-state index is 0.00292. The van der Waals surface area contributed by atoms with E-state index in [0.29, 0.717) is 0 Å². The van der Waals surface area contributed by atoms with Crippen LogP contribution in [-0.2, 0) is 0 Å². The van der Waals surface area contributed by atoms with E-state index in [9.17, 15) is 4.79 Å². The largest absolute Gasteiger partial charge is 0.367 e. The van der Waals surface area contributed by atoms with E-state index in [4.69, 9.17) is 0 Å². The lowest BCUT2D eigenvalue weighted by Gasteiger charge is -2.36. The van der Waals surface area contributed by atoms with Gasteiger partial charge in [-0.1, -0.05) is 18.2 Å². The summed E-state index contributed by atoms with van der Waals surface area (Å²) in [5.74, 6) is 0. The van der Waals surface area contributed by atoms with Crippen molar-refractivity contribution in [1.82, 2.24) is 15.2 Å². The van der Waals surface area contributed by atoms with E-state index < -0.39 is 0 Å². The number of rotatable bonds is 3. The first-order valence-electron chi connectivity index (χ1n) is 8.82. The molecule has 1 fully saturated rings. The van der Waals surface area contributed by atoms with Gasteiger partial charge in [0.15, 0.2) is 0 Å². The van der Waals surface area contributed by atoms with Crippen molar-refractivity contribution in [3.63, 3.8) is 0 Å². The molecule has 0 saturated carbocycles. The van der Waals surface area contributed by atoms with Gasteiger partial charge in [0.25, 0.3) is 0 Å². The van der Waals surface area contributed by atoms with Gasteiger partial charge in [-0.2, -0.15) is 0 Å². The minimum Gasteiger partial charge on any atom is -0.367 e. The van der Waals surface area contributed by atoms with Crippen molar-refractivity contribution in [2.24, 2.45) is 0 Å². The summed E-state index contributed by atoms with van der Waals surface area (Å²) in [5, 5.41) is 3.12. The third kappa shape index (κ3) is 4.10. The first-order chi connectivity index (χ1) is 12.0. The molecule has 2 aromatic rings. The second kappa shape index (κ2) is 7.55. The van der Waals surface area contributed by atoms with Crippen LogP contribution in [0, 0.1) is 13.8 Å². The summed E-state index contributed by atoms with van der Waals surface area (Å²) in [4.78, 5) is 20.9. The van der Waals surface area contributed by atoms with Crippen molar-refractivity contribution in [1.29, 1.82) is 0 Å². The Hall–Kier alpha value is -2.56. The zero-order valence-electron chi connectivity index (χ0n) is 15.2. The van der Waals surface area contributed by atoms with Crippen molar-refractivity contribution in [3.8, 4) is 0 Å². The number of pyridine rings is 1. The van der Waals surface area contributed by atoms with E-state index in [-0.39, 0.29) is 12.1 Å². The SMILES string of the molecule is Cc1ccc(C(C)NC(=O)N2CCN(c3cccnc3)CC2)cc1C. The summed E-state index contributed by atoms with van der Waals surface area (Å²) in [7, 11) is 0. The zero-order chi connectivity index (χ0) is 17.8. The lowest BCUT2D eigenvalue weighted by atomic mass is 10.0. The molecule has 25 heavy (non-hydrogen) atoms. The van der Waals surface area contributed by atoms with Gasteiger partial charge in [-0.25, -0.2) is 4.79 Å². The van der Waals surface area contributed by atoms with Crippen molar-refractivity contribution in [3.05, 3.63) is 59.4 Å². The summed E-state index contributed by atoms with van der Waals surface area (Å²) in [6, 6.07) is 10.4. The van der Waals surface area contributed by atoms with Crippen LogP contribution in [0.25, 0.3) is 0 Å². The van der Waals surface area contributed by atoms with Gasteiger partial charge in [-0.15, -0.1) is 0 Å². The zero-order valence-corrected chi connectivity index (χ0v) is 15.2. The molecule has 1 aromatic carbocycles. The Morgan fingerprint density at radius 1 is 1.12 bits per heavy atom. The van der Waals surface area contributed by atoms with Crippen LogP contribution in [0.5, 0.6) is 0 Å². The molecule has 1 aromatic heterocycles. The Kier molecular flexibility index (Phi) is 5.22. The minimum atomic E-state index is 0.00292. The third-order valence-electron chi connectivity index (χ3n) is 4.95. The molecule has 0 aliphatic carbocycles. The van der Waals surface area contributed by atoms with Gasteiger partial charge >= 0.3 is 6.03 Å². The van der Waals surface area contributed by atoms with Gasteiger partial charge < -0.3 is 15.1 Å². The summed E-state index contributed by atoms with van der Waals surface area (Å²) in [6.45, 7) is 9.35. The van der Waals surface area contributed by atoms with E-state index in [1.54, 1.807) is 6.20 Å². The molecule has 132 valence electrons. The molecular formula is C20H26N4O. The van der Waals surface area contributed by atoms with Crippen molar-refractivity contribution in [2.75, 3.05) is 31.1 Å². The number of carbonyl (C=O) groups excluding carboxylic acids is 1. The summed E-state index contributed by atoms with van der Waals surface area (Å²) in [5.41, 5.74) is 4.79. The molecule has 3 rings (SSSR count). The highest BCUT2D eigenvalue weighted by molar-refractivity contribution is 5.75. The van der Waals surface area contributed by atoms with E-state index >= 15 is 0 Å². The van der Waals surface area contributed by atoms with E-state index in [1.807, 2.05) is 24.1 Å². The molecule has 1 atom stereocenters. The molecule has 1 N–H and O–H groups in total. The predicted molar refractivity (Wildman–Crippen MR) is 101 cm³/mol. The maximum Gasteiger partial charge on any atom is 0.317 e. The van der Waals surface area contributed by atoms with Crippen LogP contribution < -0.4 is 10.2 Å². The molecule has 5 nitrogen and oxygen atoms in total. The van der Waals surface area contributed by atoms with E-state index in [2.05, 4.69) is 53.3 Å². The lowest BCUT2D eigenvalue weighted by molar-refractivity contribution is 0.191. The van der Waals surface area contributed by atoms with Crippen LogP contribution in [-0.4, -0.2) is 42.1 Å². The number of anilines is 1. The maximum atomic E-state index is 12.6. The summed E-state index contributed by atoms with van der Waals surface area (Å²) < 4.78 is 0. The number of nitrogens with one attached hydrogen (secondary N) is 1. The van der Waals surface area contributed by atoms with E-state index in [0.717, 1.165) is 37.4 Å². The quantitative estimate of drug-likeness (QED) is 0.934. The van der Waals surface area contributed by atoms with Crippen molar-refractivity contribution < 1.29 is 4.79 Å².